The molecule has 1 aliphatic rings. The van der Waals surface area contributed by atoms with Gasteiger partial charge in [-0.3, -0.25) is 14.8 Å². The standard InChI is InChI=1S/C6H9NO3/c8-5-3-1-2-4(5)6(9)7-10/h4,10H,1-3H2,(H,7,9). The van der Waals surface area contributed by atoms with Crippen molar-refractivity contribution in [3.05, 3.63) is 0 Å². The zero-order chi connectivity index (χ0) is 7.56. The van der Waals surface area contributed by atoms with E-state index in [0.717, 1.165) is 6.42 Å². The lowest BCUT2D eigenvalue weighted by Gasteiger charge is -2.02. The Hall–Kier alpha value is -0.900. The van der Waals surface area contributed by atoms with Gasteiger partial charge in [0.25, 0.3) is 5.91 Å². The summed E-state index contributed by atoms with van der Waals surface area (Å²) in [4.78, 5) is 21.4. The van der Waals surface area contributed by atoms with E-state index in [1.807, 2.05) is 0 Å². The highest BCUT2D eigenvalue weighted by Crippen LogP contribution is 2.20. The van der Waals surface area contributed by atoms with E-state index in [2.05, 4.69) is 0 Å². The van der Waals surface area contributed by atoms with E-state index >= 15 is 0 Å². The van der Waals surface area contributed by atoms with Crippen molar-refractivity contribution in [2.24, 2.45) is 5.92 Å². The Bertz CT molecular complexity index is 166. The molecule has 1 atom stereocenters. The first-order valence-corrected chi connectivity index (χ1v) is 3.22. The Labute approximate surface area is 58.2 Å². The molecule has 0 aromatic heterocycles. The summed E-state index contributed by atoms with van der Waals surface area (Å²) in [6, 6.07) is 0. The van der Waals surface area contributed by atoms with Gasteiger partial charge in [-0.1, -0.05) is 0 Å². The van der Waals surface area contributed by atoms with Gasteiger partial charge in [0, 0.05) is 6.42 Å². The summed E-state index contributed by atoms with van der Waals surface area (Å²) in [5.74, 6) is -1.22. The lowest BCUT2D eigenvalue weighted by molar-refractivity contribution is -0.138. The summed E-state index contributed by atoms with van der Waals surface area (Å²) in [6.45, 7) is 0. The fourth-order valence-corrected chi connectivity index (χ4v) is 1.17. The van der Waals surface area contributed by atoms with Crippen LogP contribution in [0.3, 0.4) is 0 Å². The van der Waals surface area contributed by atoms with Gasteiger partial charge in [0.1, 0.15) is 5.78 Å². The largest absolute Gasteiger partial charge is 0.299 e. The molecule has 56 valence electrons. The first-order valence-electron chi connectivity index (χ1n) is 3.22. The number of nitrogens with one attached hydrogen (secondary N) is 1. The van der Waals surface area contributed by atoms with Crippen LogP contribution >= 0.6 is 0 Å². The van der Waals surface area contributed by atoms with Gasteiger partial charge in [-0.05, 0) is 12.8 Å². The average molecular weight is 143 g/mol. The van der Waals surface area contributed by atoms with E-state index in [1.165, 1.54) is 5.48 Å². The Balaban J connectivity index is 2.55. The maximum Gasteiger partial charge on any atom is 0.253 e. The summed E-state index contributed by atoms with van der Waals surface area (Å²) in [7, 11) is 0. The van der Waals surface area contributed by atoms with Crippen LogP contribution < -0.4 is 5.48 Å². The zero-order valence-corrected chi connectivity index (χ0v) is 5.46. The molecular weight excluding hydrogens is 134 g/mol. The normalized spacial score (nSPS) is 24.9. The van der Waals surface area contributed by atoms with Crippen molar-refractivity contribution in [2.75, 3.05) is 0 Å². The van der Waals surface area contributed by atoms with E-state index in [-0.39, 0.29) is 5.78 Å². The molecule has 10 heavy (non-hydrogen) atoms. The van der Waals surface area contributed by atoms with E-state index in [4.69, 9.17) is 5.21 Å². The second kappa shape index (κ2) is 2.79. The number of rotatable bonds is 1. The van der Waals surface area contributed by atoms with Crippen LogP contribution in [-0.2, 0) is 9.59 Å². The molecule has 0 radical (unpaired) electrons. The summed E-state index contributed by atoms with van der Waals surface area (Å²) in [5.41, 5.74) is 1.48. The van der Waals surface area contributed by atoms with Crippen molar-refractivity contribution < 1.29 is 14.8 Å². The van der Waals surface area contributed by atoms with Crippen LogP contribution in [0.5, 0.6) is 0 Å². The van der Waals surface area contributed by atoms with Crippen molar-refractivity contribution in [3.63, 3.8) is 0 Å². The molecule has 1 rings (SSSR count). The minimum atomic E-state index is -0.593. The van der Waals surface area contributed by atoms with Crippen LogP contribution in [-0.4, -0.2) is 16.9 Å². The van der Waals surface area contributed by atoms with Gasteiger partial charge in [-0.15, -0.1) is 0 Å². The van der Waals surface area contributed by atoms with Crippen LogP contribution in [0.4, 0.5) is 0 Å². The first kappa shape index (κ1) is 7.21. The molecule has 0 spiro atoms. The summed E-state index contributed by atoms with van der Waals surface area (Å²) < 4.78 is 0. The van der Waals surface area contributed by atoms with E-state index in [1.54, 1.807) is 0 Å². The summed E-state index contributed by atoms with van der Waals surface area (Å²) in [6.07, 6.45) is 1.81. The number of carbonyl (C=O) groups excluding carboxylic acids is 2. The number of ketones is 1. The molecule has 1 fully saturated rings. The van der Waals surface area contributed by atoms with Crippen molar-refractivity contribution >= 4 is 11.7 Å². The molecule has 2 N–H and O–H groups in total. The van der Waals surface area contributed by atoms with Crippen LogP contribution in [0.1, 0.15) is 19.3 Å². The van der Waals surface area contributed by atoms with Gasteiger partial charge >= 0.3 is 0 Å². The molecule has 0 heterocycles. The van der Waals surface area contributed by atoms with Crippen LogP contribution in [0, 0.1) is 5.92 Å². The van der Waals surface area contributed by atoms with Crippen molar-refractivity contribution in [3.8, 4) is 0 Å². The van der Waals surface area contributed by atoms with Crippen molar-refractivity contribution in [2.45, 2.75) is 19.3 Å². The summed E-state index contributed by atoms with van der Waals surface area (Å²) >= 11 is 0. The van der Waals surface area contributed by atoms with E-state index in [9.17, 15) is 9.59 Å². The quantitative estimate of drug-likeness (QED) is 0.305. The van der Waals surface area contributed by atoms with Gasteiger partial charge in [0.05, 0.1) is 5.92 Å². The molecule has 4 nitrogen and oxygen atoms in total. The van der Waals surface area contributed by atoms with Crippen LogP contribution in [0.2, 0.25) is 0 Å². The SMILES string of the molecule is O=C1CCCC1C(=O)NO. The zero-order valence-electron chi connectivity index (χ0n) is 5.46. The van der Waals surface area contributed by atoms with Gasteiger partial charge < -0.3 is 0 Å². The molecule has 0 saturated heterocycles. The predicted molar refractivity (Wildman–Crippen MR) is 32.3 cm³/mol. The Morgan fingerprint density at radius 1 is 1.70 bits per heavy atom. The molecule has 1 aliphatic carbocycles. The fraction of sp³-hybridized carbons (Fsp3) is 0.667. The molecule has 0 aromatic rings. The maximum atomic E-state index is 10.8. The first-order chi connectivity index (χ1) is 4.75. The highest BCUT2D eigenvalue weighted by atomic mass is 16.5. The Morgan fingerprint density at radius 2 is 2.40 bits per heavy atom. The molecular formula is C6H9NO3. The molecule has 0 bridgehead atoms. The highest BCUT2D eigenvalue weighted by molar-refractivity contribution is 6.02. The minimum absolute atomic E-state index is 0.0634. The molecule has 0 aliphatic heterocycles. The lowest BCUT2D eigenvalue weighted by Crippen LogP contribution is -2.30. The number of Topliss-reactive ketones (excluding diaryl/α,β-unsaturated/α-hetero) is 1. The van der Waals surface area contributed by atoms with E-state index in [0.29, 0.717) is 12.8 Å². The third-order valence-electron chi connectivity index (χ3n) is 1.73. The average Bonchev–Trinajstić information content (AvgIpc) is 2.34. The van der Waals surface area contributed by atoms with Gasteiger partial charge in [-0.25, -0.2) is 5.48 Å². The van der Waals surface area contributed by atoms with Crippen molar-refractivity contribution in [1.29, 1.82) is 0 Å². The number of hydrogen-bond acceptors (Lipinski definition) is 3. The van der Waals surface area contributed by atoms with E-state index < -0.39 is 11.8 Å². The highest BCUT2D eigenvalue weighted by Gasteiger charge is 2.30. The minimum Gasteiger partial charge on any atom is -0.299 e. The number of hydrogen-bond donors (Lipinski definition) is 2. The summed E-state index contributed by atoms with van der Waals surface area (Å²) in [5, 5.41) is 8.16. The smallest absolute Gasteiger partial charge is 0.253 e. The third kappa shape index (κ3) is 1.16. The van der Waals surface area contributed by atoms with Crippen molar-refractivity contribution in [1.82, 2.24) is 5.48 Å². The monoisotopic (exact) mass is 143 g/mol. The molecule has 0 aromatic carbocycles. The van der Waals surface area contributed by atoms with Crippen LogP contribution in [0.25, 0.3) is 0 Å². The fourth-order valence-electron chi connectivity index (χ4n) is 1.17. The molecule has 1 unspecified atom stereocenters. The molecule has 1 saturated carbocycles. The Kier molecular flexibility index (Phi) is 2.01. The third-order valence-corrected chi connectivity index (χ3v) is 1.73. The van der Waals surface area contributed by atoms with Crippen LogP contribution in [0.15, 0.2) is 0 Å². The topological polar surface area (TPSA) is 66.4 Å². The van der Waals surface area contributed by atoms with Gasteiger partial charge in [0.2, 0.25) is 0 Å². The number of carbonyl (C=O) groups is 2. The second-order valence-electron chi connectivity index (χ2n) is 2.39. The molecule has 4 heteroatoms. The second-order valence-corrected chi connectivity index (χ2v) is 2.39. The maximum absolute atomic E-state index is 10.8. The Morgan fingerprint density at radius 3 is 2.80 bits per heavy atom. The lowest BCUT2D eigenvalue weighted by atomic mass is 10.1. The number of amides is 1. The number of hydroxylamine groups is 1. The van der Waals surface area contributed by atoms with Gasteiger partial charge in [0.15, 0.2) is 0 Å². The van der Waals surface area contributed by atoms with Gasteiger partial charge in [-0.2, -0.15) is 0 Å². The predicted octanol–water partition coefficient (Wildman–Crippen LogP) is -0.139. The molecule has 1 amide bonds.